The van der Waals surface area contributed by atoms with Gasteiger partial charge >= 0.3 is 0 Å². The molecule has 2 rings (SSSR count). The fourth-order valence-electron chi connectivity index (χ4n) is 1.57. The van der Waals surface area contributed by atoms with Crippen LogP contribution in [0.15, 0.2) is 52.5 Å². The van der Waals surface area contributed by atoms with Gasteiger partial charge in [-0.3, -0.25) is 9.78 Å². The summed E-state index contributed by atoms with van der Waals surface area (Å²) in [4.78, 5) is 17.2. The second-order valence-electron chi connectivity index (χ2n) is 4.01. The molecule has 0 aromatic carbocycles. The summed E-state index contributed by atoms with van der Waals surface area (Å²) in [5.74, 6) is 0. The van der Waals surface area contributed by atoms with E-state index in [9.17, 15) is 13.2 Å². The molecule has 0 atom stereocenters. The highest BCUT2D eigenvalue weighted by atomic mass is 32.2. The van der Waals surface area contributed by atoms with Crippen molar-refractivity contribution >= 4 is 10.0 Å². The van der Waals surface area contributed by atoms with E-state index in [1.165, 1.54) is 29.7 Å². The van der Waals surface area contributed by atoms with Gasteiger partial charge in [-0.25, -0.2) is 8.42 Å². The van der Waals surface area contributed by atoms with Crippen LogP contribution in [0.5, 0.6) is 0 Å². The Bertz CT molecular complexity index is 690. The molecule has 2 aromatic rings. The van der Waals surface area contributed by atoms with E-state index in [2.05, 4.69) is 9.97 Å². The van der Waals surface area contributed by atoms with Crippen molar-refractivity contribution in [3.05, 3.63) is 58.8 Å². The van der Waals surface area contributed by atoms with Crippen LogP contribution in [-0.2, 0) is 16.6 Å². The van der Waals surface area contributed by atoms with Gasteiger partial charge in [0.2, 0.25) is 15.6 Å². The van der Waals surface area contributed by atoms with Crippen molar-refractivity contribution in [1.82, 2.24) is 14.3 Å². The van der Waals surface area contributed by atoms with E-state index in [-0.39, 0.29) is 17.0 Å². The number of H-pyrrole nitrogens is 1. The van der Waals surface area contributed by atoms with Crippen LogP contribution >= 0.6 is 0 Å². The van der Waals surface area contributed by atoms with Gasteiger partial charge in [0.25, 0.3) is 0 Å². The zero-order valence-electron chi connectivity index (χ0n) is 10.3. The second-order valence-corrected chi connectivity index (χ2v) is 6.05. The number of aromatic nitrogens is 2. The van der Waals surface area contributed by atoms with Crippen molar-refractivity contribution in [2.45, 2.75) is 11.4 Å². The number of hydrogen-bond donors (Lipinski definition) is 1. The zero-order chi connectivity index (χ0) is 13.9. The first kappa shape index (κ1) is 13.4. The highest BCUT2D eigenvalue weighted by molar-refractivity contribution is 7.89. The molecule has 0 bridgehead atoms. The summed E-state index contributed by atoms with van der Waals surface area (Å²) in [6.45, 7) is 0.240. The molecule has 7 heteroatoms. The summed E-state index contributed by atoms with van der Waals surface area (Å²) >= 11 is 0. The largest absolute Gasteiger partial charge is 0.328 e. The van der Waals surface area contributed by atoms with Crippen LogP contribution in [0, 0.1) is 0 Å². The highest BCUT2D eigenvalue weighted by Crippen LogP contribution is 2.14. The first-order valence-electron chi connectivity index (χ1n) is 5.54. The Morgan fingerprint density at radius 3 is 2.47 bits per heavy atom. The molecule has 0 aliphatic carbocycles. The van der Waals surface area contributed by atoms with Crippen molar-refractivity contribution in [2.24, 2.45) is 0 Å². The Kier molecular flexibility index (Phi) is 3.77. The number of nitrogens with one attached hydrogen (secondary N) is 1. The van der Waals surface area contributed by atoms with Crippen LogP contribution in [-0.4, -0.2) is 29.7 Å². The topological polar surface area (TPSA) is 83.1 Å². The van der Waals surface area contributed by atoms with Crippen LogP contribution in [0.3, 0.4) is 0 Å². The molecule has 0 amide bonds. The predicted octanol–water partition coefficient (Wildman–Crippen LogP) is 0.591. The minimum atomic E-state index is -3.61. The first-order valence-corrected chi connectivity index (χ1v) is 6.98. The van der Waals surface area contributed by atoms with Crippen LogP contribution in [0.25, 0.3) is 0 Å². The van der Waals surface area contributed by atoms with E-state index in [0.29, 0.717) is 0 Å². The molecular weight excluding hydrogens is 266 g/mol. The van der Waals surface area contributed by atoms with Gasteiger partial charge in [0, 0.05) is 38.2 Å². The molecular formula is C12H13N3O3S. The Morgan fingerprint density at radius 1 is 1.21 bits per heavy atom. The van der Waals surface area contributed by atoms with Gasteiger partial charge in [-0.05, 0) is 23.8 Å². The lowest BCUT2D eigenvalue weighted by Crippen LogP contribution is -2.27. The number of sulfonamides is 1. The fraction of sp³-hybridized carbons (Fsp3) is 0.167. The lowest BCUT2D eigenvalue weighted by atomic mass is 10.3. The molecule has 6 nitrogen and oxygen atoms in total. The number of aromatic amines is 1. The smallest absolute Gasteiger partial charge is 0.247 e. The molecule has 0 saturated carbocycles. The molecule has 2 aromatic heterocycles. The Morgan fingerprint density at radius 2 is 1.89 bits per heavy atom. The maximum absolute atomic E-state index is 12.2. The molecule has 0 unspecified atom stereocenters. The van der Waals surface area contributed by atoms with Crippen molar-refractivity contribution in [3.63, 3.8) is 0 Å². The van der Waals surface area contributed by atoms with E-state index in [1.54, 1.807) is 24.5 Å². The van der Waals surface area contributed by atoms with Gasteiger partial charge in [0.1, 0.15) is 0 Å². The van der Waals surface area contributed by atoms with E-state index < -0.39 is 10.0 Å². The van der Waals surface area contributed by atoms with Crippen LogP contribution in [0.4, 0.5) is 0 Å². The van der Waals surface area contributed by atoms with E-state index in [0.717, 1.165) is 5.56 Å². The van der Waals surface area contributed by atoms with Crippen LogP contribution in [0.1, 0.15) is 5.56 Å². The molecule has 100 valence electrons. The molecule has 2 heterocycles. The average molecular weight is 279 g/mol. The van der Waals surface area contributed by atoms with Crippen molar-refractivity contribution in [2.75, 3.05) is 7.05 Å². The fourth-order valence-corrected chi connectivity index (χ4v) is 2.69. The van der Waals surface area contributed by atoms with E-state index in [1.807, 2.05) is 0 Å². The summed E-state index contributed by atoms with van der Waals surface area (Å²) < 4.78 is 25.7. The molecule has 0 spiro atoms. The summed E-state index contributed by atoms with van der Waals surface area (Å²) in [6, 6.07) is 5.97. The number of pyridine rings is 2. The molecule has 0 saturated heterocycles. The van der Waals surface area contributed by atoms with Gasteiger partial charge in [-0.1, -0.05) is 0 Å². The first-order chi connectivity index (χ1) is 9.00. The SMILES string of the molecule is CN(Cc1ccncc1)S(=O)(=O)c1ccc(=O)[nH]c1. The second kappa shape index (κ2) is 5.33. The maximum Gasteiger partial charge on any atom is 0.247 e. The third-order valence-corrected chi connectivity index (χ3v) is 4.42. The van der Waals surface area contributed by atoms with Crippen LogP contribution < -0.4 is 5.56 Å². The highest BCUT2D eigenvalue weighted by Gasteiger charge is 2.20. The number of nitrogens with zero attached hydrogens (tertiary/aromatic N) is 2. The van der Waals surface area contributed by atoms with Crippen molar-refractivity contribution in [3.8, 4) is 0 Å². The molecule has 0 aliphatic rings. The van der Waals surface area contributed by atoms with Crippen molar-refractivity contribution in [1.29, 1.82) is 0 Å². The standard InChI is InChI=1S/C12H13N3O3S/c1-15(9-10-4-6-13-7-5-10)19(17,18)11-2-3-12(16)14-8-11/h2-8H,9H2,1H3,(H,14,16). The Hall–Kier alpha value is -1.99. The zero-order valence-corrected chi connectivity index (χ0v) is 11.1. The maximum atomic E-state index is 12.2. The molecule has 0 fully saturated rings. The summed E-state index contributed by atoms with van der Waals surface area (Å²) in [6.07, 6.45) is 4.41. The number of hydrogen-bond acceptors (Lipinski definition) is 4. The molecule has 0 radical (unpaired) electrons. The van der Waals surface area contributed by atoms with Gasteiger partial charge < -0.3 is 4.98 Å². The Balaban J connectivity index is 2.24. The molecule has 0 aliphatic heterocycles. The van der Waals surface area contributed by atoms with E-state index in [4.69, 9.17) is 0 Å². The molecule has 1 N–H and O–H groups in total. The number of rotatable bonds is 4. The summed E-state index contributed by atoms with van der Waals surface area (Å²) in [5, 5.41) is 0. The lowest BCUT2D eigenvalue weighted by Gasteiger charge is -2.16. The summed E-state index contributed by atoms with van der Waals surface area (Å²) in [5.41, 5.74) is 0.501. The van der Waals surface area contributed by atoms with Gasteiger partial charge in [-0.2, -0.15) is 4.31 Å². The lowest BCUT2D eigenvalue weighted by molar-refractivity contribution is 0.466. The monoisotopic (exact) mass is 279 g/mol. The molecule has 19 heavy (non-hydrogen) atoms. The normalized spacial score (nSPS) is 11.7. The minimum Gasteiger partial charge on any atom is -0.328 e. The predicted molar refractivity (Wildman–Crippen MR) is 70.0 cm³/mol. The Labute approximate surface area is 110 Å². The van der Waals surface area contributed by atoms with Gasteiger partial charge in [-0.15, -0.1) is 0 Å². The minimum absolute atomic E-state index is 0.0589. The van der Waals surface area contributed by atoms with Crippen LogP contribution in [0.2, 0.25) is 0 Å². The summed E-state index contributed by atoms with van der Waals surface area (Å²) in [7, 11) is -2.12. The van der Waals surface area contributed by atoms with E-state index >= 15 is 0 Å². The van der Waals surface area contributed by atoms with Gasteiger partial charge in [0.05, 0.1) is 4.90 Å². The van der Waals surface area contributed by atoms with Gasteiger partial charge in [0.15, 0.2) is 0 Å². The van der Waals surface area contributed by atoms with Crippen molar-refractivity contribution < 1.29 is 8.42 Å². The third kappa shape index (κ3) is 3.07. The average Bonchev–Trinajstić information content (AvgIpc) is 2.40. The quantitative estimate of drug-likeness (QED) is 0.888. The third-order valence-electron chi connectivity index (χ3n) is 2.62.